The van der Waals surface area contributed by atoms with Crippen molar-refractivity contribution in [2.24, 2.45) is 0 Å². The number of carbonyl (C=O) groups is 1. The van der Waals surface area contributed by atoms with Gasteiger partial charge in [0, 0.05) is 30.6 Å². The van der Waals surface area contributed by atoms with Crippen LogP contribution in [-0.4, -0.2) is 27.8 Å². The van der Waals surface area contributed by atoms with E-state index in [1.807, 2.05) is 31.2 Å². The first kappa shape index (κ1) is 15.0. The third-order valence-electron chi connectivity index (χ3n) is 3.85. The van der Waals surface area contributed by atoms with E-state index in [0.29, 0.717) is 11.1 Å². The fourth-order valence-electron chi connectivity index (χ4n) is 2.59. The highest BCUT2D eigenvalue weighted by Gasteiger charge is 2.14. The van der Waals surface area contributed by atoms with Crippen molar-refractivity contribution in [1.29, 1.82) is 0 Å². The third kappa shape index (κ3) is 2.99. The molecule has 0 saturated carbocycles. The van der Waals surface area contributed by atoms with Gasteiger partial charge < -0.3 is 9.88 Å². The minimum atomic E-state index is -0.166. The molecule has 0 aliphatic carbocycles. The number of aromatic nitrogens is 2. The maximum atomic E-state index is 12.4. The average molecular weight is 307 g/mol. The number of hydrogen-bond donors (Lipinski definition) is 1. The second-order valence-corrected chi connectivity index (χ2v) is 5.56. The Hall–Kier alpha value is -2.95. The van der Waals surface area contributed by atoms with Crippen LogP contribution in [-0.2, 0) is 6.54 Å². The maximum absolute atomic E-state index is 12.4. The number of aryl methyl sites for hydroxylation is 1. The molecular weight excluding hydrogens is 290 g/mol. The van der Waals surface area contributed by atoms with Gasteiger partial charge in [0.2, 0.25) is 0 Å². The van der Waals surface area contributed by atoms with Crippen molar-refractivity contribution in [2.75, 3.05) is 7.05 Å². The first-order chi connectivity index (χ1) is 11.1. The summed E-state index contributed by atoms with van der Waals surface area (Å²) < 4.78 is 0. The fraction of sp³-hybridized carbons (Fsp3) is 0.167. The second kappa shape index (κ2) is 6.04. The van der Waals surface area contributed by atoms with Crippen LogP contribution in [0, 0.1) is 6.92 Å². The average Bonchev–Trinajstić information content (AvgIpc) is 2.56. The molecule has 1 N–H and O–H groups in total. The summed E-state index contributed by atoms with van der Waals surface area (Å²) in [4.78, 5) is 33.0. The summed E-state index contributed by atoms with van der Waals surface area (Å²) in [5, 5.41) is 0.962. The molecule has 0 fully saturated rings. The number of rotatable bonds is 3. The van der Waals surface area contributed by atoms with Crippen LogP contribution in [0.2, 0.25) is 0 Å². The zero-order chi connectivity index (χ0) is 16.4. The molecule has 2 aromatic heterocycles. The Labute approximate surface area is 133 Å². The lowest BCUT2D eigenvalue weighted by atomic mass is 10.1. The lowest BCUT2D eigenvalue weighted by molar-refractivity contribution is 0.0784. The van der Waals surface area contributed by atoms with Crippen molar-refractivity contribution in [3.63, 3.8) is 0 Å². The van der Waals surface area contributed by atoms with Gasteiger partial charge in [-0.15, -0.1) is 0 Å². The Morgan fingerprint density at radius 3 is 2.70 bits per heavy atom. The molecule has 0 bridgehead atoms. The van der Waals surface area contributed by atoms with Gasteiger partial charge in [0.05, 0.1) is 12.1 Å². The van der Waals surface area contributed by atoms with Gasteiger partial charge in [0.25, 0.3) is 11.5 Å². The van der Waals surface area contributed by atoms with E-state index in [-0.39, 0.29) is 18.0 Å². The van der Waals surface area contributed by atoms with Crippen LogP contribution < -0.4 is 5.56 Å². The van der Waals surface area contributed by atoms with E-state index in [0.717, 1.165) is 16.5 Å². The molecule has 0 unspecified atom stereocenters. The Morgan fingerprint density at radius 2 is 1.96 bits per heavy atom. The molecule has 2 heterocycles. The third-order valence-corrected chi connectivity index (χ3v) is 3.85. The van der Waals surface area contributed by atoms with Crippen molar-refractivity contribution in [3.8, 4) is 0 Å². The highest BCUT2D eigenvalue weighted by Crippen LogP contribution is 2.16. The quantitative estimate of drug-likeness (QED) is 0.808. The molecule has 0 aliphatic rings. The largest absolute Gasteiger partial charge is 0.337 e. The van der Waals surface area contributed by atoms with Gasteiger partial charge >= 0.3 is 0 Å². The Morgan fingerprint density at radius 1 is 1.22 bits per heavy atom. The van der Waals surface area contributed by atoms with Crippen LogP contribution in [0.25, 0.3) is 10.9 Å². The molecule has 5 nitrogen and oxygen atoms in total. The topological polar surface area (TPSA) is 66.1 Å². The van der Waals surface area contributed by atoms with Gasteiger partial charge in [0.15, 0.2) is 0 Å². The summed E-state index contributed by atoms with van der Waals surface area (Å²) in [5.41, 5.74) is 2.81. The normalized spacial score (nSPS) is 10.7. The van der Waals surface area contributed by atoms with E-state index in [2.05, 4.69) is 9.97 Å². The number of H-pyrrole nitrogens is 1. The van der Waals surface area contributed by atoms with Gasteiger partial charge in [-0.2, -0.15) is 0 Å². The van der Waals surface area contributed by atoms with Crippen molar-refractivity contribution in [2.45, 2.75) is 13.5 Å². The number of para-hydroxylation sites is 1. The second-order valence-electron chi connectivity index (χ2n) is 5.56. The Kier molecular flexibility index (Phi) is 3.93. The van der Waals surface area contributed by atoms with Gasteiger partial charge in [-0.25, -0.2) is 0 Å². The Balaban J connectivity index is 1.91. The highest BCUT2D eigenvalue weighted by atomic mass is 16.2. The zero-order valence-corrected chi connectivity index (χ0v) is 13.0. The van der Waals surface area contributed by atoms with Crippen LogP contribution in [0.4, 0.5) is 0 Å². The fourth-order valence-corrected chi connectivity index (χ4v) is 2.59. The number of nitrogens with zero attached hydrogens (tertiary/aromatic N) is 2. The predicted octanol–water partition coefficient (Wildman–Crippen LogP) is 2.50. The lowest BCUT2D eigenvalue weighted by Gasteiger charge is -2.17. The number of nitrogens with one attached hydrogen (secondary N) is 1. The van der Waals surface area contributed by atoms with Gasteiger partial charge in [-0.05, 0) is 36.1 Å². The van der Waals surface area contributed by atoms with Crippen LogP contribution in [0.15, 0.2) is 53.6 Å². The molecular formula is C18H17N3O2. The number of carbonyl (C=O) groups excluding carboxylic acids is 1. The van der Waals surface area contributed by atoms with Gasteiger partial charge in [-0.3, -0.25) is 14.6 Å². The number of hydrogen-bond acceptors (Lipinski definition) is 3. The van der Waals surface area contributed by atoms with Crippen molar-refractivity contribution in [3.05, 3.63) is 75.8 Å². The van der Waals surface area contributed by atoms with E-state index in [9.17, 15) is 9.59 Å². The molecule has 0 atom stereocenters. The van der Waals surface area contributed by atoms with Gasteiger partial charge in [-0.1, -0.05) is 18.2 Å². The monoisotopic (exact) mass is 307 g/mol. The van der Waals surface area contributed by atoms with E-state index in [4.69, 9.17) is 0 Å². The summed E-state index contributed by atoms with van der Waals surface area (Å²) >= 11 is 0. The summed E-state index contributed by atoms with van der Waals surface area (Å²) in [6.07, 6.45) is 3.15. The molecule has 3 aromatic rings. The summed E-state index contributed by atoms with van der Waals surface area (Å²) in [6.45, 7) is 2.21. The van der Waals surface area contributed by atoms with E-state index < -0.39 is 0 Å². The number of amides is 1. The van der Waals surface area contributed by atoms with Crippen molar-refractivity contribution < 1.29 is 4.79 Å². The van der Waals surface area contributed by atoms with Crippen molar-refractivity contribution >= 4 is 16.8 Å². The molecule has 0 saturated heterocycles. The molecule has 116 valence electrons. The number of aromatic amines is 1. The van der Waals surface area contributed by atoms with Crippen LogP contribution in [0.5, 0.6) is 0 Å². The molecule has 23 heavy (non-hydrogen) atoms. The standard InChI is InChI=1S/C18H17N3O2/c1-12-4-3-5-14-10-15(17(22)20-16(12)14)11-21(2)18(23)13-6-8-19-9-7-13/h3-10H,11H2,1-2H3,(H,20,22). The lowest BCUT2D eigenvalue weighted by Crippen LogP contribution is -2.29. The Bertz CT molecular complexity index is 916. The number of pyridine rings is 2. The van der Waals surface area contributed by atoms with Gasteiger partial charge in [0.1, 0.15) is 0 Å². The summed E-state index contributed by atoms with van der Waals surface area (Å²) in [5.74, 6) is -0.142. The minimum Gasteiger partial charge on any atom is -0.337 e. The van der Waals surface area contributed by atoms with E-state index >= 15 is 0 Å². The number of benzene rings is 1. The van der Waals surface area contributed by atoms with Crippen LogP contribution in [0.3, 0.4) is 0 Å². The molecule has 0 aliphatic heterocycles. The first-order valence-corrected chi connectivity index (χ1v) is 7.33. The molecule has 3 rings (SSSR count). The van der Waals surface area contributed by atoms with Crippen LogP contribution in [0.1, 0.15) is 21.5 Å². The summed E-state index contributed by atoms with van der Waals surface area (Å²) in [7, 11) is 1.68. The summed E-state index contributed by atoms with van der Waals surface area (Å²) in [6, 6.07) is 11.0. The number of fused-ring (bicyclic) bond motifs is 1. The maximum Gasteiger partial charge on any atom is 0.254 e. The molecule has 1 amide bonds. The smallest absolute Gasteiger partial charge is 0.254 e. The van der Waals surface area contributed by atoms with E-state index in [1.54, 1.807) is 31.6 Å². The molecule has 0 radical (unpaired) electrons. The predicted molar refractivity (Wildman–Crippen MR) is 89.3 cm³/mol. The SMILES string of the molecule is Cc1cccc2cc(CN(C)C(=O)c3ccncc3)c(=O)[nH]c12. The zero-order valence-electron chi connectivity index (χ0n) is 13.0. The van der Waals surface area contributed by atoms with E-state index in [1.165, 1.54) is 4.90 Å². The molecule has 1 aromatic carbocycles. The minimum absolute atomic E-state index is 0.142. The van der Waals surface area contributed by atoms with Crippen LogP contribution >= 0.6 is 0 Å². The highest BCUT2D eigenvalue weighted by molar-refractivity contribution is 5.93. The van der Waals surface area contributed by atoms with Crippen molar-refractivity contribution in [1.82, 2.24) is 14.9 Å². The first-order valence-electron chi connectivity index (χ1n) is 7.33. The molecule has 0 spiro atoms. The molecule has 5 heteroatoms.